The first kappa shape index (κ1) is 15.0. The third kappa shape index (κ3) is 3.03. The van der Waals surface area contributed by atoms with Gasteiger partial charge in [-0.15, -0.1) is 0 Å². The van der Waals surface area contributed by atoms with Gasteiger partial charge in [0.2, 0.25) is 11.3 Å². The molecule has 1 aromatic carbocycles. The molecule has 0 aliphatic carbocycles. The molecular weight excluding hydrogens is 296 g/mol. The number of hydrogen-bond acceptors (Lipinski definition) is 4. The Bertz CT molecular complexity index is 785. The van der Waals surface area contributed by atoms with Crippen LogP contribution in [0.25, 0.3) is 10.9 Å². The highest BCUT2D eigenvalue weighted by Crippen LogP contribution is 2.15. The molecule has 0 unspecified atom stereocenters. The molecule has 0 saturated heterocycles. The summed E-state index contributed by atoms with van der Waals surface area (Å²) < 4.78 is 1.42. The highest BCUT2D eigenvalue weighted by atomic mass is 35.5. The van der Waals surface area contributed by atoms with Crippen LogP contribution in [-0.4, -0.2) is 35.2 Å². The highest BCUT2D eigenvalue weighted by molar-refractivity contribution is 6.31. The van der Waals surface area contributed by atoms with Crippen LogP contribution in [0.15, 0.2) is 23.0 Å². The number of carbonyl (C=O) groups is 2. The molecule has 2 aromatic rings. The number of benzene rings is 1. The van der Waals surface area contributed by atoms with Crippen LogP contribution in [0.4, 0.5) is 0 Å². The van der Waals surface area contributed by atoms with Crippen LogP contribution in [0, 0.1) is 0 Å². The minimum absolute atomic E-state index is 0.228. The highest BCUT2D eigenvalue weighted by Gasteiger charge is 2.17. The molecule has 21 heavy (non-hydrogen) atoms. The van der Waals surface area contributed by atoms with Crippen LogP contribution in [0.5, 0.6) is 0 Å². The fourth-order valence-corrected chi connectivity index (χ4v) is 2.00. The molecule has 7 nitrogen and oxygen atoms in total. The number of carbonyl (C=O) groups excluding carboxylic acids is 2. The van der Waals surface area contributed by atoms with E-state index in [1.807, 2.05) is 0 Å². The number of fused-ring (bicyclic) bond motifs is 1. The van der Waals surface area contributed by atoms with Gasteiger partial charge in [-0.1, -0.05) is 11.6 Å². The summed E-state index contributed by atoms with van der Waals surface area (Å²) in [5, 5.41) is 9.34. The van der Waals surface area contributed by atoms with Crippen molar-refractivity contribution in [2.45, 2.75) is 0 Å². The first-order valence-electron chi connectivity index (χ1n) is 6.09. The molecule has 2 N–H and O–H groups in total. The number of rotatable bonds is 3. The largest absolute Gasteiger partial charge is 0.358 e. The van der Waals surface area contributed by atoms with E-state index >= 15 is 0 Å². The summed E-state index contributed by atoms with van der Waals surface area (Å²) in [7, 11) is 3.06. The second-order valence-electron chi connectivity index (χ2n) is 4.32. The Morgan fingerprint density at radius 3 is 2.76 bits per heavy atom. The van der Waals surface area contributed by atoms with Gasteiger partial charge in [-0.05, 0) is 18.2 Å². The lowest BCUT2D eigenvalue weighted by atomic mass is 10.2. The van der Waals surface area contributed by atoms with Gasteiger partial charge in [-0.2, -0.15) is 5.10 Å². The van der Waals surface area contributed by atoms with Crippen molar-refractivity contribution in [2.75, 3.05) is 13.6 Å². The third-order valence-corrected chi connectivity index (χ3v) is 3.16. The minimum Gasteiger partial charge on any atom is -0.358 e. The van der Waals surface area contributed by atoms with E-state index in [2.05, 4.69) is 15.7 Å². The van der Waals surface area contributed by atoms with Crippen molar-refractivity contribution < 1.29 is 9.59 Å². The number of halogens is 1. The predicted molar refractivity (Wildman–Crippen MR) is 78.4 cm³/mol. The van der Waals surface area contributed by atoms with Crippen LogP contribution in [0.1, 0.15) is 10.5 Å². The fraction of sp³-hybridized carbons (Fsp3) is 0.231. The molecule has 2 amide bonds. The average Bonchev–Trinajstić information content (AvgIpc) is 2.47. The van der Waals surface area contributed by atoms with Crippen LogP contribution in [-0.2, 0) is 11.8 Å². The lowest BCUT2D eigenvalue weighted by Crippen LogP contribution is -2.38. The van der Waals surface area contributed by atoms with Crippen molar-refractivity contribution in [3.05, 3.63) is 39.1 Å². The maximum atomic E-state index is 12.3. The van der Waals surface area contributed by atoms with Crippen LogP contribution < -0.4 is 16.1 Å². The second-order valence-corrected chi connectivity index (χ2v) is 4.76. The number of aryl methyl sites for hydroxylation is 1. The first-order valence-corrected chi connectivity index (χ1v) is 6.47. The maximum absolute atomic E-state index is 12.3. The molecule has 0 radical (unpaired) electrons. The van der Waals surface area contributed by atoms with E-state index in [4.69, 9.17) is 11.6 Å². The van der Waals surface area contributed by atoms with Gasteiger partial charge in [0.1, 0.15) is 0 Å². The van der Waals surface area contributed by atoms with Gasteiger partial charge in [0.15, 0.2) is 5.69 Å². The topological polar surface area (TPSA) is 93.1 Å². The van der Waals surface area contributed by atoms with Crippen LogP contribution in [0.2, 0.25) is 5.02 Å². The number of likely N-dealkylation sites (N-methyl/N-ethyl adjacent to an activating group) is 1. The lowest BCUT2D eigenvalue weighted by Gasteiger charge is -2.08. The van der Waals surface area contributed by atoms with E-state index in [1.165, 1.54) is 17.8 Å². The molecule has 0 spiro atoms. The van der Waals surface area contributed by atoms with Gasteiger partial charge in [-0.3, -0.25) is 19.1 Å². The Morgan fingerprint density at radius 1 is 1.38 bits per heavy atom. The molecule has 110 valence electrons. The summed E-state index contributed by atoms with van der Waals surface area (Å²) in [6.07, 6.45) is 0. The van der Waals surface area contributed by atoms with Crippen molar-refractivity contribution in [1.29, 1.82) is 0 Å². The van der Waals surface area contributed by atoms with Gasteiger partial charge in [0.25, 0.3) is 5.91 Å². The van der Waals surface area contributed by atoms with Gasteiger partial charge in [0, 0.05) is 19.1 Å². The summed E-state index contributed by atoms with van der Waals surface area (Å²) in [5.74, 6) is -1.08. The number of amides is 2. The van der Waals surface area contributed by atoms with E-state index in [-0.39, 0.29) is 18.1 Å². The quantitative estimate of drug-likeness (QED) is 0.838. The average molecular weight is 309 g/mol. The Kier molecular flexibility index (Phi) is 4.23. The fourth-order valence-electron chi connectivity index (χ4n) is 1.83. The molecule has 0 bridgehead atoms. The zero-order valence-corrected chi connectivity index (χ0v) is 12.2. The van der Waals surface area contributed by atoms with E-state index in [1.54, 1.807) is 19.2 Å². The molecular formula is C13H13ClN4O3. The maximum Gasteiger partial charge on any atom is 0.276 e. The molecule has 8 heteroatoms. The Morgan fingerprint density at radius 2 is 2.10 bits per heavy atom. The number of aromatic nitrogens is 2. The van der Waals surface area contributed by atoms with E-state index < -0.39 is 11.3 Å². The predicted octanol–water partition coefficient (Wildman–Crippen LogP) is 0.0627. The van der Waals surface area contributed by atoms with Crippen molar-refractivity contribution in [2.24, 2.45) is 7.05 Å². The molecule has 0 aliphatic rings. The van der Waals surface area contributed by atoms with Gasteiger partial charge in [0.05, 0.1) is 17.4 Å². The Balaban J connectivity index is 2.45. The summed E-state index contributed by atoms with van der Waals surface area (Å²) in [6.45, 7) is -0.228. The minimum atomic E-state index is -0.707. The summed E-state index contributed by atoms with van der Waals surface area (Å²) in [4.78, 5) is 35.4. The first-order chi connectivity index (χ1) is 9.93. The molecule has 0 atom stereocenters. The Labute approximate surface area is 124 Å². The van der Waals surface area contributed by atoms with Gasteiger partial charge in [-0.25, -0.2) is 0 Å². The molecule has 0 saturated carbocycles. The van der Waals surface area contributed by atoms with Crippen molar-refractivity contribution in [1.82, 2.24) is 20.4 Å². The standard InChI is InChI=1S/C13H13ClN4O3/c1-15-10(19)6-16-13(21)11-12(20)8-5-7(14)3-4-9(8)18(2)17-11/h3-5H,6H2,1-2H3,(H,15,19)(H,16,21). The van der Waals surface area contributed by atoms with Crippen molar-refractivity contribution >= 4 is 34.3 Å². The van der Waals surface area contributed by atoms with Gasteiger partial charge >= 0.3 is 0 Å². The zero-order chi connectivity index (χ0) is 15.6. The van der Waals surface area contributed by atoms with Crippen molar-refractivity contribution in [3.63, 3.8) is 0 Å². The summed E-state index contributed by atoms with van der Waals surface area (Å²) >= 11 is 5.87. The van der Waals surface area contributed by atoms with Crippen LogP contribution >= 0.6 is 11.6 Å². The normalized spacial score (nSPS) is 10.4. The molecule has 0 aliphatic heterocycles. The SMILES string of the molecule is CNC(=O)CNC(=O)c1nn(C)c2ccc(Cl)cc2c1=O. The second kappa shape index (κ2) is 5.92. The molecule has 0 fully saturated rings. The summed E-state index contributed by atoms with van der Waals surface area (Å²) in [5.41, 5.74) is -0.247. The van der Waals surface area contributed by atoms with Crippen LogP contribution in [0.3, 0.4) is 0 Å². The number of nitrogens with one attached hydrogen (secondary N) is 2. The lowest BCUT2D eigenvalue weighted by molar-refractivity contribution is -0.119. The van der Waals surface area contributed by atoms with Crippen molar-refractivity contribution in [3.8, 4) is 0 Å². The summed E-state index contributed by atoms with van der Waals surface area (Å²) in [6, 6.07) is 4.77. The van der Waals surface area contributed by atoms with Gasteiger partial charge < -0.3 is 10.6 Å². The van der Waals surface area contributed by atoms with E-state index in [0.717, 1.165) is 0 Å². The van der Waals surface area contributed by atoms with E-state index in [9.17, 15) is 14.4 Å². The Hall–Kier alpha value is -2.41. The number of hydrogen-bond donors (Lipinski definition) is 2. The molecule has 2 rings (SSSR count). The van der Waals surface area contributed by atoms with E-state index in [0.29, 0.717) is 15.9 Å². The zero-order valence-electron chi connectivity index (χ0n) is 11.4. The smallest absolute Gasteiger partial charge is 0.276 e. The number of nitrogens with zero attached hydrogens (tertiary/aromatic N) is 2. The molecule has 1 aromatic heterocycles. The molecule has 1 heterocycles. The monoisotopic (exact) mass is 308 g/mol. The third-order valence-electron chi connectivity index (χ3n) is 2.92.